The topological polar surface area (TPSA) is 101 Å². The average molecular weight is 450 g/mol. The van der Waals surface area contributed by atoms with E-state index in [0.29, 0.717) is 23.9 Å². The molecule has 1 aromatic heterocycles. The van der Waals surface area contributed by atoms with Crippen LogP contribution < -0.4 is 10.1 Å². The first-order valence-electron chi connectivity index (χ1n) is 10.3. The van der Waals surface area contributed by atoms with Gasteiger partial charge in [0.1, 0.15) is 17.1 Å². The van der Waals surface area contributed by atoms with Gasteiger partial charge in [-0.05, 0) is 37.0 Å². The molecule has 2 N–H and O–H groups in total. The summed E-state index contributed by atoms with van der Waals surface area (Å²) in [7, 11) is 0. The molecule has 1 heterocycles. The molecule has 8 heteroatoms. The summed E-state index contributed by atoms with van der Waals surface area (Å²) >= 11 is -2.12. The van der Waals surface area contributed by atoms with Crippen molar-refractivity contribution in [3.63, 3.8) is 0 Å². The van der Waals surface area contributed by atoms with Crippen LogP contribution in [0.25, 0.3) is 0 Å². The molecular weight excluding hydrogens is 426 g/mol. The molecule has 1 amide bonds. The molecule has 0 aliphatic heterocycles. The van der Waals surface area contributed by atoms with Crippen molar-refractivity contribution < 1.29 is 18.3 Å². The summed E-state index contributed by atoms with van der Waals surface area (Å²) in [6, 6.07) is 18.2. The van der Waals surface area contributed by atoms with E-state index in [2.05, 4.69) is 15.3 Å². The molecule has 0 radical (unpaired) electrons. The Bertz CT molecular complexity index is 1120. The molecule has 4 rings (SSSR count). The predicted octanol–water partition coefficient (Wildman–Crippen LogP) is 4.22. The normalized spacial score (nSPS) is 15.3. The number of ether oxygens (including phenoxy) is 1. The summed E-state index contributed by atoms with van der Waals surface area (Å²) in [6.07, 6.45) is 5.51. The summed E-state index contributed by atoms with van der Waals surface area (Å²) in [6.45, 7) is 0. The lowest BCUT2D eigenvalue weighted by atomic mass is 10.1. The molecule has 2 aromatic carbocycles. The highest BCUT2D eigenvalue weighted by atomic mass is 32.2. The summed E-state index contributed by atoms with van der Waals surface area (Å²) in [5.41, 5.74) is 1.18. The van der Waals surface area contributed by atoms with Gasteiger partial charge in [0.05, 0.1) is 6.04 Å². The first kappa shape index (κ1) is 21.9. The molecule has 0 spiro atoms. The summed E-state index contributed by atoms with van der Waals surface area (Å²) in [5, 5.41) is 4.04. The molecule has 7 nitrogen and oxygen atoms in total. The smallest absolute Gasteiger partial charge is 0.258 e. The summed E-state index contributed by atoms with van der Waals surface area (Å²) < 4.78 is 26.2. The van der Waals surface area contributed by atoms with Gasteiger partial charge in [0.2, 0.25) is 5.88 Å². The Morgan fingerprint density at radius 1 is 1.16 bits per heavy atom. The van der Waals surface area contributed by atoms with E-state index in [1.54, 1.807) is 12.1 Å². The van der Waals surface area contributed by atoms with Crippen molar-refractivity contribution in [1.82, 2.24) is 15.3 Å². The minimum absolute atomic E-state index is 0.193. The SMILES string of the molecule is O=C(N[C@H](/C=C\S(=O)O)Cc1ccccc1)c1cnc(C2CC2)nc1Oc1ccccc1. The van der Waals surface area contributed by atoms with Crippen LogP contribution in [0.2, 0.25) is 0 Å². The Kier molecular flexibility index (Phi) is 7.03. The van der Waals surface area contributed by atoms with Crippen LogP contribution in [0.1, 0.15) is 40.5 Å². The van der Waals surface area contributed by atoms with Crippen molar-refractivity contribution in [3.8, 4) is 11.6 Å². The van der Waals surface area contributed by atoms with Crippen molar-refractivity contribution in [3.05, 3.63) is 95.3 Å². The van der Waals surface area contributed by atoms with Gasteiger partial charge < -0.3 is 14.6 Å². The van der Waals surface area contributed by atoms with E-state index >= 15 is 0 Å². The Hall–Kier alpha value is -3.36. The molecule has 0 bridgehead atoms. The van der Waals surface area contributed by atoms with Crippen LogP contribution in [0.5, 0.6) is 11.6 Å². The molecule has 32 heavy (non-hydrogen) atoms. The second-order valence-corrected chi connectivity index (χ2v) is 8.34. The Balaban J connectivity index is 1.58. The molecular formula is C24H23N3O4S. The zero-order valence-electron chi connectivity index (χ0n) is 17.3. The highest BCUT2D eigenvalue weighted by molar-refractivity contribution is 7.82. The van der Waals surface area contributed by atoms with Crippen LogP contribution >= 0.6 is 0 Å². The van der Waals surface area contributed by atoms with Crippen molar-refractivity contribution >= 4 is 17.0 Å². The average Bonchev–Trinajstić information content (AvgIpc) is 3.64. The van der Waals surface area contributed by atoms with Crippen molar-refractivity contribution in [1.29, 1.82) is 0 Å². The van der Waals surface area contributed by atoms with Crippen LogP contribution in [0, 0.1) is 0 Å². The van der Waals surface area contributed by atoms with E-state index in [9.17, 15) is 9.00 Å². The fraction of sp³-hybridized carbons (Fsp3) is 0.208. The molecule has 1 unspecified atom stereocenters. The number of carbonyl (C=O) groups is 1. The predicted molar refractivity (Wildman–Crippen MR) is 122 cm³/mol. The lowest BCUT2D eigenvalue weighted by Gasteiger charge is -2.17. The molecule has 164 valence electrons. The van der Waals surface area contributed by atoms with Gasteiger partial charge in [0.25, 0.3) is 5.91 Å². The van der Waals surface area contributed by atoms with Crippen LogP contribution in [0.15, 0.2) is 78.3 Å². The summed E-state index contributed by atoms with van der Waals surface area (Å²) in [5.74, 6) is 1.31. The highest BCUT2D eigenvalue weighted by Crippen LogP contribution is 2.39. The van der Waals surface area contributed by atoms with Crippen molar-refractivity contribution in [2.45, 2.75) is 31.2 Å². The zero-order valence-corrected chi connectivity index (χ0v) is 18.1. The maximum absolute atomic E-state index is 13.2. The second kappa shape index (κ2) is 10.3. The van der Waals surface area contributed by atoms with Gasteiger partial charge >= 0.3 is 0 Å². The van der Waals surface area contributed by atoms with E-state index in [1.807, 2.05) is 48.5 Å². The number of hydrogen-bond acceptors (Lipinski definition) is 5. The minimum Gasteiger partial charge on any atom is -0.438 e. The maximum Gasteiger partial charge on any atom is 0.258 e. The lowest BCUT2D eigenvalue weighted by molar-refractivity contribution is 0.0941. The fourth-order valence-corrected chi connectivity index (χ4v) is 3.52. The number of aromatic nitrogens is 2. The number of rotatable bonds is 9. The standard InChI is InChI=1S/C24H23N3O4S/c28-23(26-19(13-14-32(29)30)15-17-7-3-1-4-8-17)21-16-25-22(18-11-12-18)27-24(21)31-20-9-5-2-6-10-20/h1-10,13-14,16,18-19H,11-12,15H2,(H,26,28)(H,29,30)/b14-13-/t19-/m1/s1. The molecule has 1 saturated carbocycles. The molecule has 1 aliphatic carbocycles. The Morgan fingerprint density at radius 2 is 1.84 bits per heavy atom. The number of benzene rings is 2. The van der Waals surface area contributed by atoms with Gasteiger partial charge in [-0.25, -0.2) is 9.19 Å². The van der Waals surface area contributed by atoms with Gasteiger partial charge in [-0.15, -0.1) is 0 Å². The first-order valence-corrected chi connectivity index (χ1v) is 11.5. The molecule has 0 saturated heterocycles. The lowest BCUT2D eigenvalue weighted by Crippen LogP contribution is -2.35. The quantitative estimate of drug-likeness (QED) is 0.474. The van der Waals surface area contributed by atoms with Crippen LogP contribution in [0.4, 0.5) is 0 Å². The van der Waals surface area contributed by atoms with Crippen LogP contribution in [0.3, 0.4) is 0 Å². The second-order valence-electron chi connectivity index (χ2n) is 7.51. The van der Waals surface area contributed by atoms with E-state index in [1.165, 1.54) is 12.3 Å². The fourth-order valence-electron chi connectivity index (χ4n) is 3.19. The van der Waals surface area contributed by atoms with E-state index in [4.69, 9.17) is 9.29 Å². The number of hydrogen-bond donors (Lipinski definition) is 2. The first-order chi connectivity index (χ1) is 15.6. The Morgan fingerprint density at radius 3 is 2.50 bits per heavy atom. The number of amides is 1. The van der Waals surface area contributed by atoms with E-state index in [0.717, 1.165) is 23.8 Å². The number of para-hydroxylation sites is 1. The summed E-state index contributed by atoms with van der Waals surface area (Å²) in [4.78, 5) is 22.0. The van der Waals surface area contributed by atoms with E-state index < -0.39 is 23.0 Å². The third-order valence-corrected chi connectivity index (χ3v) is 5.35. The molecule has 1 aliphatic rings. The number of carbonyl (C=O) groups excluding carboxylic acids is 1. The van der Waals surface area contributed by atoms with Gasteiger partial charge in [0.15, 0.2) is 11.1 Å². The minimum atomic E-state index is -2.12. The molecule has 2 atom stereocenters. The van der Waals surface area contributed by atoms with Crippen molar-refractivity contribution in [2.24, 2.45) is 0 Å². The van der Waals surface area contributed by atoms with Gasteiger partial charge in [-0.3, -0.25) is 4.79 Å². The van der Waals surface area contributed by atoms with Gasteiger partial charge in [0, 0.05) is 17.5 Å². The number of nitrogens with zero attached hydrogens (tertiary/aromatic N) is 2. The van der Waals surface area contributed by atoms with Crippen molar-refractivity contribution in [2.75, 3.05) is 0 Å². The third-order valence-electron chi connectivity index (χ3n) is 4.96. The largest absolute Gasteiger partial charge is 0.438 e. The Labute approximate surface area is 188 Å². The van der Waals surface area contributed by atoms with Gasteiger partial charge in [-0.1, -0.05) is 54.6 Å². The highest BCUT2D eigenvalue weighted by Gasteiger charge is 2.29. The van der Waals surface area contributed by atoms with Crippen LogP contribution in [-0.2, 0) is 17.5 Å². The molecule has 3 aromatic rings. The monoisotopic (exact) mass is 449 g/mol. The van der Waals surface area contributed by atoms with Gasteiger partial charge in [-0.2, -0.15) is 4.98 Å². The number of nitrogens with one attached hydrogen (secondary N) is 1. The zero-order chi connectivity index (χ0) is 22.3. The van der Waals surface area contributed by atoms with Crippen LogP contribution in [-0.4, -0.2) is 30.7 Å². The maximum atomic E-state index is 13.2. The molecule has 1 fully saturated rings. The van der Waals surface area contributed by atoms with E-state index in [-0.39, 0.29) is 11.4 Å². The third kappa shape index (κ3) is 6.09.